The highest BCUT2D eigenvalue weighted by atomic mass is 16.5. The van der Waals surface area contributed by atoms with Crippen LogP contribution in [0.25, 0.3) is 0 Å². The van der Waals surface area contributed by atoms with Gasteiger partial charge < -0.3 is 9.64 Å². The Bertz CT molecular complexity index is 749. The Morgan fingerprint density at radius 3 is 2.83 bits per heavy atom. The van der Waals surface area contributed by atoms with Gasteiger partial charge in [0.2, 0.25) is 0 Å². The molecule has 1 aliphatic rings. The van der Waals surface area contributed by atoms with Crippen molar-refractivity contribution in [2.75, 3.05) is 13.2 Å². The molecule has 1 aromatic carbocycles. The fourth-order valence-electron chi connectivity index (χ4n) is 3.18. The third-order valence-corrected chi connectivity index (χ3v) is 4.48. The molecule has 0 atom stereocenters. The van der Waals surface area contributed by atoms with Crippen molar-refractivity contribution >= 4 is 5.91 Å². The molecule has 1 aromatic heterocycles. The van der Waals surface area contributed by atoms with Crippen molar-refractivity contribution < 1.29 is 9.53 Å². The number of benzene rings is 1. The highest BCUT2D eigenvalue weighted by molar-refractivity contribution is 5.78. The predicted octanol–water partition coefficient (Wildman–Crippen LogP) is 2.31. The molecule has 0 spiro atoms. The Balaban J connectivity index is 1.64. The second-order valence-electron chi connectivity index (χ2n) is 6.26. The summed E-state index contributed by atoms with van der Waals surface area (Å²) in [5.74, 6) is 0.799. The largest absolute Gasteiger partial charge is 0.484 e. The quantitative estimate of drug-likeness (QED) is 0.873. The number of hydrogen-bond acceptors (Lipinski definition) is 3. The zero-order valence-electron chi connectivity index (χ0n) is 14.2. The average molecular weight is 313 g/mol. The maximum atomic E-state index is 12.4. The van der Waals surface area contributed by atoms with Crippen molar-refractivity contribution in [3.63, 3.8) is 0 Å². The van der Waals surface area contributed by atoms with Crippen molar-refractivity contribution in [3.8, 4) is 5.75 Å². The van der Waals surface area contributed by atoms with Crippen LogP contribution in [0.1, 0.15) is 28.1 Å². The third-order valence-electron chi connectivity index (χ3n) is 4.48. The Kier molecular flexibility index (Phi) is 4.11. The molecule has 2 aromatic rings. The lowest BCUT2D eigenvalue weighted by Gasteiger charge is -2.27. The molecule has 5 nitrogen and oxygen atoms in total. The molecule has 1 amide bonds. The van der Waals surface area contributed by atoms with E-state index >= 15 is 0 Å². The van der Waals surface area contributed by atoms with E-state index in [0.29, 0.717) is 6.54 Å². The summed E-state index contributed by atoms with van der Waals surface area (Å²) in [6, 6.07) is 5.99. The lowest BCUT2D eigenvalue weighted by atomic mass is 10.0. The van der Waals surface area contributed by atoms with Crippen LogP contribution < -0.4 is 4.74 Å². The number of fused-ring (bicyclic) bond motifs is 1. The number of nitrogens with zero attached hydrogens (tertiary/aromatic N) is 3. The smallest absolute Gasteiger partial charge is 0.260 e. The van der Waals surface area contributed by atoms with Gasteiger partial charge in [0.25, 0.3) is 5.91 Å². The third kappa shape index (κ3) is 3.09. The van der Waals surface area contributed by atoms with Crippen molar-refractivity contribution in [1.29, 1.82) is 0 Å². The van der Waals surface area contributed by atoms with Gasteiger partial charge in [0.15, 0.2) is 6.61 Å². The Morgan fingerprint density at radius 2 is 2.09 bits per heavy atom. The summed E-state index contributed by atoms with van der Waals surface area (Å²) in [5.41, 5.74) is 5.74. The van der Waals surface area contributed by atoms with Crippen LogP contribution in [0.4, 0.5) is 0 Å². The highest BCUT2D eigenvalue weighted by Crippen LogP contribution is 2.22. The average Bonchev–Trinajstić information content (AvgIpc) is 2.80. The minimum Gasteiger partial charge on any atom is -0.484 e. The van der Waals surface area contributed by atoms with Gasteiger partial charge in [0, 0.05) is 13.6 Å². The molecule has 0 saturated heterocycles. The fraction of sp³-hybridized carbons (Fsp3) is 0.444. The number of carbonyl (C=O) groups is 1. The zero-order valence-corrected chi connectivity index (χ0v) is 14.2. The lowest BCUT2D eigenvalue weighted by Crippen LogP contribution is -2.39. The summed E-state index contributed by atoms with van der Waals surface area (Å²) < 4.78 is 7.60. The van der Waals surface area contributed by atoms with E-state index in [1.54, 1.807) is 0 Å². The van der Waals surface area contributed by atoms with Crippen LogP contribution in [-0.4, -0.2) is 33.7 Å². The molecule has 3 rings (SSSR count). The van der Waals surface area contributed by atoms with E-state index in [1.165, 1.54) is 11.1 Å². The molecule has 122 valence electrons. The molecule has 0 radical (unpaired) electrons. The number of aromatic nitrogens is 2. The summed E-state index contributed by atoms with van der Waals surface area (Å²) >= 11 is 0. The number of hydrogen-bond donors (Lipinski definition) is 0. The Labute approximate surface area is 136 Å². The summed E-state index contributed by atoms with van der Waals surface area (Å²) in [4.78, 5) is 14.3. The van der Waals surface area contributed by atoms with Crippen molar-refractivity contribution in [2.24, 2.45) is 7.05 Å². The number of rotatable bonds is 3. The van der Waals surface area contributed by atoms with Crippen molar-refractivity contribution in [1.82, 2.24) is 14.7 Å². The summed E-state index contributed by atoms with van der Waals surface area (Å²) in [6.45, 7) is 7.49. The molecule has 0 bridgehead atoms. The molecule has 0 N–H and O–H groups in total. The van der Waals surface area contributed by atoms with Crippen LogP contribution in [0.3, 0.4) is 0 Å². The molecule has 0 unspecified atom stereocenters. The van der Waals surface area contributed by atoms with Crippen LogP contribution in [0.2, 0.25) is 0 Å². The van der Waals surface area contributed by atoms with Gasteiger partial charge in [-0.05, 0) is 44.4 Å². The van der Waals surface area contributed by atoms with Gasteiger partial charge in [-0.15, -0.1) is 0 Å². The van der Waals surface area contributed by atoms with Gasteiger partial charge in [0.05, 0.1) is 17.9 Å². The molecule has 0 aliphatic carbocycles. The van der Waals surface area contributed by atoms with E-state index in [-0.39, 0.29) is 12.5 Å². The van der Waals surface area contributed by atoms with Gasteiger partial charge in [-0.25, -0.2) is 0 Å². The van der Waals surface area contributed by atoms with Crippen LogP contribution in [0, 0.1) is 20.8 Å². The lowest BCUT2D eigenvalue weighted by molar-refractivity contribution is -0.134. The van der Waals surface area contributed by atoms with Crippen molar-refractivity contribution in [3.05, 3.63) is 46.3 Å². The van der Waals surface area contributed by atoms with Crippen LogP contribution >= 0.6 is 0 Å². The first-order valence-corrected chi connectivity index (χ1v) is 7.95. The standard InChI is InChI=1S/C18H23N3O2/c1-12-5-6-17(13(2)9-12)23-11-18(22)21-8-7-15-14(3)19-20(4)16(15)10-21/h5-6,9H,7-8,10-11H2,1-4H3. The number of ether oxygens (including phenoxy) is 1. The normalized spacial score (nSPS) is 13.8. The topological polar surface area (TPSA) is 47.4 Å². The van der Waals surface area contributed by atoms with E-state index in [1.807, 2.05) is 49.5 Å². The fourth-order valence-corrected chi connectivity index (χ4v) is 3.18. The molecule has 23 heavy (non-hydrogen) atoms. The first-order chi connectivity index (χ1) is 11.0. The van der Waals surface area contributed by atoms with E-state index < -0.39 is 0 Å². The molecule has 1 aliphatic heterocycles. The highest BCUT2D eigenvalue weighted by Gasteiger charge is 2.25. The molecule has 5 heteroatoms. The molecular formula is C18H23N3O2. The Morgan fingerprint density at radius 1 is 1.30 bits per heavy atom. The predicted molar refractivity (Wildman–Crippen MR) is 88.5 cm³/mol. The van der Waals surface area contributed by atoms with Crippen LogP contribution in [0.5, 0.6) is 5.75 Å². The summed E-state index contributed by atoms with van der Waals surface area (Å²) in [6.07, 6.45) is 0.865. The SMILES string of the molecule is Cc1ccc(OCC(=O)N2CCc3c(C)nn(C)c3C2)c(C)c1. The van der Waals surface area contributed by atoms with E-state index in [9.17, 15) is 4.79 Å². The van der Waals surface area contributed by atoms with Gasteiger partial charge in [0.1, 0.15) is 5.75 Å². The summed E-state index contributed by atoms with van der Waals surface area (Å²) in [5, 5.41) is 4.45. The van der Waals surface area contributed by atoms with Gasteiger partial charge in [-0.2, -0.15) is 5.10 Å². The van der Waals surface area contributed by atoms with E-state index in [2.05, 4.69) is 11.2 Å². The minimum atomic E-state index is 0.0227. The zero-order chi connectivity index (χ0) is 16.6. The van der Waals surface area contributed by atoms with Gasteiger partial charge in [-0.3, -0.25) is 9.48 Å². The van der Waals surface area contributed by atoms with E-state index in [4.69, 9.17) is 4.74 Å². The Hall–Kier alpha value is -2.30. The maximum absolute atomic E-state index is 12.4. The summed E-state index contributed by atoms with van der Waals surface area (Å²) in [7, 11) is 1.94. The number of carbonyl (C=O) groups excluding carboxylic acids is 1. The molecule has 2 heterocycles. The second kappa shape index (κ2) is 6.07. The van der Waals surface area contributed by atoms with Crippen LogP contribution in [-0.2, 0) is 24.8 Å². The maximum Gasteiger partial charge on any atom is 0.260 e. The minimum absolute atomic E-state index is 0.0227. The van der Waals surface area contributed by atoms with Gasteiger partial charge >= 0.3 is 0 Å². The molecule has 0 saturated carbocycles. The van der Waals surface area contributed by atoms with Gasteiger partial charge in [-0.1, -0.05) is 17.7 Å². The van der Waals surface area contributed by atoms with Crippen LogP contribution in [0.15, 0.2) is 18.2 Å². The molecular weight excluding hydrogens is 290 g/mol. The van der Waals surface area contributed by atoms with E-state index in [0.717, 1.165) is 35.7 Å². The molecule has 0 fully saturated rings. The first kappa shape index (κ1) is 15.6. The monoisotopic (exact) mass is 313 g/mol. The first-order valence-electron chi connectivity index (χ1n) is 7.95. The van der Waals surface area contributed by atoms with Crippen molar-refractivity contribution in [2.45, 2.75) is 33.7 Å². The number of aryl methyl sites for hydroxylation is 4. The second-order valence-corrected chi connectivity index (χ2v) is 6.26. The number of amides is 1.